The van der Waals surface area contributed by atoms with E-state index in [2.05, 4.69) is 0 Å². The molecular formula is C9H17NO3. The summed E-state index contributed by atoms with van der Waals surface area (Å²) in [5, 5.41) is 0. The summed E-state index contributed by atoms with van der Waals surface area (Å²) in [4.78, 5) is 21.6. The second-order valence-electron chi connectivity index (χ2n) is 3.08. The highest BCUT2D eigenvalue weighted by molar-refractivity contribution is 5.82. The Hall–Kier alpha value is -1.06. The Morgan fingerprint density at radius 1 is 1.46 bits per heavy atom. The van der Waals surface area contributed by atoms with Crippen LogP contribution in [0.1, 0.15) is 33.1 Å². The number of esters is 1. The number of ether oxygens (including phenoxy) is 1. The summed E-state index contributed by atoms with van der Waals surface area (Å²) in [5.74, 6) is -1.25. The van der Waals surface area contributed by atoms with Crippen LogP contribution in [-0.4, -0.2) is 18.5 Å². The van der Waals surface area contributed by atoms with E-state index in [9.17, 15) is 9.59 Å². The summed E-state index contributed by atoms with van der Waals surface area (Å²) < 4.78 is 4.86. The molecule has 0 aromatic heterocycles. The molecule has 0 bridgehead atoms. The molecule has 4 nitrogen and oxygen atoms in total. The fraction of sp³-hybridized carbons (Fsp3) is 0.778. The Balaban J connectivity index is 3.56. The van der Waals surface area contributed by atoms with Gasteiger partial charge in [0.1, 0.15) is 0 Å². The smallest absolute Gasteiger partial charge is 0.306 e. The minimum Gasteiger partial charge on any atom is -0.466 e. The standard InChI is InChI=1S/C9H17NO3/c1-3-4-5-13-8(11)6-7(2)9(10)12/h7H,3-6H2,1-2H3,(H2,10,12). The van der Waals surface area contributed by atoms with E-state index in [-0.39, 0.29) is 12.4 Å². The summed E-state index contributed by atoms with van der Waals surface area (Å²) in [7, 11) is 0. The van der Waals surface area contributed by atoms with E-state index in [1.807, 2.05) is 6.92 Å². The molecule has 0 saturated heterocycles. The van der Waals surface area contributed by atoms with Crippen molar-refractivity contribution in [2.24, 2.45) is 11.7 Å². The lowest BCUT2D eigenvalue weighted by molar-refractivity contribution is -0.146. The SMILES string of the molecule is CCCCOC(=O)CC(C)C(N)=O. The zero-order chi connectivity index (χ0) is 10.3. The van der Waals surface area contributed by atoms with Gasteiger partial charge >= 0.3 is 5.97 Å². The fourth-order valence-electron chi connectivity index (χ4n) is 0.740. The van der Waals surface area contributed by atoms with Crippen molar-refractivity contribution in [2.45, 2.75) is 33.1 Å². The van der Waals surface area contributed by atoms with E-state index < -0.39 is 11.8 Å². The van der Waals surface area contributed by atoms with Crippen molar-refractivity contribution in [2.75, 3.05) is 6.61 Å². The lowest BCUT2D eigenvalue weighted by atomic mass is 10.1. The van der Waals surface area contributed by atoms with Crippen LogP contribution >= 0.6 is 0 Å². The number of hydrogen-bond acceptors (Lipinski definition) is 3. The van der Waals surface area contributed by atoms with Gasteiger partial charge in [0.2, 0.25) is 5.91 Å². The predicted molar refractivity (Wildman–Crippen MR) is 48.8 cm³/mol. The molecule has 1 atom stereocenters. The molecule has 0 aliphatic rings. The average molecular weight is 187 g/mol. The Labute approximate surface area is 78.4 Å². The number of carbonyl (C=O) groups is 2. The molecule has 1 amide bonds. The first-order chi connectivity index (χ1) is 6.07. The van der Waals surface area contributed by atoms with Crippen LogP contribution in [0.15, 0.2) is 0 Å². The Kier molecular flexibility index (Phi) is 5.93. The van der Waals surface area contributed by atoms with Crippen molar-refractivity contribution in [3.8, 4) is 0 Å². The first-order valence-corrected chi connectivity index (χ1v) is 4.52. The topological polar surface area (TPSA) is 69.4 Å². The van der Waals surface area contributed by atoms with Crippen molar-refractivity contribution < 1.29 is 14.3 Å². The van der Waals surface area contributed by atoms with E-state index in [4.69, 9.17) is 10.5 Å². The number of hydrogen-bond donors (Lipinski definition) is 1. The van der Waals surface area contributed by atoms with Crippen LogP contribution in [0.5, 0.6) is 0 Å². The molecule has 0 aromatic carbocycles. The first kappa shape index (κ1) is 11.9. The molecule has 0 spiro atoms. The van der Waals surface area contributed by atoms with E-state index in [0.717, 1.165) is 12.8 Å². The van der Waals surface area contributed by atoms with Crippen LogP contribution in [0, 0.1) is 5.92 Å². The molecule has 0 heterocycles. The summed E-state index contributed by atoms with van der Waals surface area (Å²) in [6, 6.07) is 0. The molecule has 0 aromatic rings. The van der Waals surface area contributed by atoms with Crippen LogP contribution in [-0.2, 0) is 14.3 Å². The highest BCUT2D eigenvalue weighted by Gasteiger charge is 2.14. The maximum absolute atomic E-state index is 11.0. The number of nitrogens with two attached hydrogens (primary N) is 1. The number of primary amides is 1. The van der Waals surface area contributed by atoms with Crippen molar-refractivity contribution >= 4 is 11.9 Å². The third-order valence-corrected chi connectivity index (χ3v) is 1.72. The second-order valence-corrected chi connectivity index (χ2v) is 3.08. The molecule has 76 valence electrons. The van der Waals surface area contributed by atoms with Crippen LogP contribution < -0.4 is 5.73 Å². The van der Waals surface area contributed by atoms with E-state index in [1.54, 1.807) is 6.92 Å². The quantitative estimate of drug-likeness (QED) is 0.495. The van der Waals surface area contributed by atoms with Gasteiger partial charge in [-0.15, -0.1) is 0 Å². The zero-order valence-corrected chi connectivity index (χ0v) is 8.21. The highest BCUT2D eigenvalue weighted by atomic mass is 16.5. The van der Waals surface area contributed by atoms with Gasteiger partial charge in [0.25, 0.3) is 0 Å². The van der Waals surface area contributed by atoms with Gasteiger partial charge in [-0.25, -0.2) is 0 Å². The van der Waals surface area contributed by atoms with E-state index >= 15 is 0 Å². The molecule has 2 N–H and O–H groups in total. The molecule has 0 rings (SSSR count). The normalized spacial score (nSPS) is 12.2. The molecule has 0 aliphatic carbocycles. The van der Waals surface area contributed by atoms with Crippen LogP contribution in [0.2, 0.25) is 0 Å². The molecule has 4 heteroatoms. The molecule has 0 radical (unpaired) electrons. The minimum atomic E-state index is -0.465. The summed E-state index contributed by atoms with van der Waals surface area (Å²) in [6.45, 7) is 4.06. The highest BCUT2D eigenvalue weighted by Crippen LogP contribution is 2.02. The molecule has 1 unspecified atom stereocenters. The number of rotatable bonds is 6. The monoisotopic (exact) mass is 187 g/mol. The Morgan fingerprint density at radius 2 is 2.08 bits per heavy atom. The third-order valence-electron chi connectivity index (χ3n) is 1.72. The van der Waals surface area contributed by atoms with Gasteiger partial charge in [-0.2, -0.15) is 0 Å². The fourth-order valence-corrected chi connectivity index (χ4v) is 0.740. The van der Waals surface area contributed by atoms with Crippen molar-refractivity contribution in [3.63, 3.8) is 0 Å². The first-order valence-electron chi connectivity index (χ1n) is 4.52. The van der Waals surface area contributed by atoms with Gasteiger partial charge in [0, 0.05) is 5.92 Å². The third kappa shape index (κ3) is 6.13. The van der Waals surface area contributed by atoms with Crippen LogP contribution in [0.25, 0.3) is 0 Å². The number of amides is 1. The van der Waals surface area contributed by atoms with Crippen LogP contribution in [0.4, 0.5) is 0 Å². The lowest BCUT2D eigenvalue weighted by Gasteiger charge is -2.06. The van der Waals surface area contributed by atoms with Gasteiger partial charge in [-0.05, 0) is 6.42 Å². The average Bonchev–Trinajstić information content (AvgIpc) is 2.04. The predicted octanol–water partition coefficient (Wildman–Crippen LogP) is 0.841. The maximum atomic E-state index is 11.0. The van der Waals surface area contributed by atoms with Crippen molar-refractivity contribution in [1.29, 1.82) is 0 Å². The molecular weight excluding hydrogens is 170 g/mol. The van der Waals surface area contributed by atoms with Crippen LogP contribution in [0.3, 0.4) is 0 Å². The molecule has 0 fully saturated rings. The zero-order valence-electron chi connectivity index (χ0n) is 8.21. The summed E-state index contributed by atoms with van der Waals surface area (Å²) in [6.07, 6.45) is 1.92. The van der Waals surface area contributed by atoms with Gasteiger partial charge in [-0.3, -0.25) is 9.59 Å². The largest absolute Gasteiger partial charge is 0.466 e. The second kappa shape index (κ2) is 6.46. The van der Waals surface area contributed by atoms with Crippen molar-refractivity contribution in [1.82, 2.24) is 0 Å². The summed E-state index contributed by atoms with van der Waals surface area (Å²) in [5.41, 5.74) is 4.99. The Bertz CT molecular complexity index is 180. The number of carbonyl (C=O) groups excluding carboxylic acids is 2. The van der Waals surface area contributed by atoms with E-state index in [0.29, 0.717) is 6.61 Å². The maximum Gasteiger partial charge on any atom is 0.306 e. The summed E-state index contributed by atoms with van der Waals surface area (Å²) >= 11 is 0. The molecule has 13 heavy (non-hydrogen) atoms. The van der Waals surface area contributed by atoms with Gasteiger partial charge in [0.15, 0.2) is 0 Å². The van der Waals surface area contributed by atoms with E-state index in [1.165, 1.54) is 0 Å². The van der Waals surface area contributed by atoms with Crippen molar-refractivity contribution in [3.05, 3.63) is 0 Å². The number of unbranched alkanes of at least 4 members (excludes halogenated alkanes) is 1. The minimum absolute atomic E-state index is 0.0824. The van der Waals surface area contributed by atoms with Gasteiger partial charge < -0.3 is 10.5 Å². The van der Waals surface area contributed by atoms with Gasteiger partial charge in [0.05, 0.1) is 13.0 Å². The van der Waals surface area contributed by atoms with Gasteiger partial charge in [-0.1, -0.05) is 20.3 Å². The molecule has 0 aliphatic heterocycles. The molecule has 0 saturated carbocycles. The lowest BCUT2D eigenvalue weighted by Crippen LogP contribution is -2.23. The Morgan fingerprint density at radius 3 is 2.54 bits per heavy atom.